The molecule has 0 saturated heterocycles. The van der Waals surface area contributed by atoms with Gasteiger partial charge in [0, 0.05) is 24.7 Å². The van der Waals surface area contributed by atoms with Gasteiger partial charge in [0.05, 0.1) is 0 Å². The molecule has 0 aromatic heterocycles. The molecular formula is C23H42N+. The second-order valence-electron chi connectivity index (χ2n) is 9.07. The van der Waals surface area contributed by atoms with Crippen molar-refractivity contribution < 1.29 is 4.58 Å². The predicted octanol–water partition coefficient (Wildman–Crippen LogP) is 6.81. The largest absolute Gasteiger partial charge is 0.201 e. The van der Waals surface area contributed by atoms with Crippen molar-refractivity contribution in [3.8, 4) is 0 Å². The van der Waals surface area contributed by atoms with Crippen LogP contribution in [0.15, 0.2) is 12.3 Å². The molecule has 1 fully saturated rings. The normalized spacial score (nSPS) is 27.3. The maximum absolute atomic E-state index is 4.60. The molecule has 0 aromatic carbocycles. The maximum atomic E-state index is 4.60. The van der Waals surface area contributed by atoms with E-state index in [9.17, 15) is 0 Å². The zero-order chi connectivity index (χ0) is 17.7. The molecule has 24 heavy (non-hydrogen) atoms. The van der Waals surface area contributed by atoms with Gasteiger partial charge in [-0.2, -0.15) is 0 Å². The van der Waals surface area contributed by atoms with Gasteiger partial charge in [-0.1, -0.05) is 59.8 Å². The highest BCUT2D eigenvalue weighted by molar-refractivity contribution is 5.84. The third kappa shape index (κ3) is 4.73. The van der Waals surface area contributed by atoms with E-state index < -0.39 is 0 Å². The SMILES string of the molecule is C=C1C(C(C)C)CC2CCCCC2=[N+]1C(C)CC(C)CCCCC. The maximum Gasteiger partial charge on any atom is 0.177 e. The van der Waals surface area contributed by atoms with Gasteiger partial charge < -0.3 is 0 Å². The lowest BCUT2D eigenvalue weighted by Gasteiger charge is -2.36. The molecule has 0 radical (unpaired) electrons. The topological polar surface area (TPSA) is 3.01 Å². The van der Waals surface area contributed by atoms with Crippen molar-refractivity contribution >= 4 is 5.71 Å². The first-order chi connectivity index (χ1) is 11.5. The van der Waals surface area contributed by atoms with Gasteiger partial charge in [0.2, 0.25) is 0 Å². The second kappa shape index (κ2) is 9.20. The van der Waals surface area contributed by atoms with Crippen molar-refractivity contribution in [1.82, 2.24) is 0 Å². The Morgan fingerprint density at radius 3 is 2.54 bits per heavy atom. The van der Waals surface area contributed by atoms with Gasteiger partial charge in [0.25, 0.3) is 0 Å². The van der Waals surface area contributed by atoms with Gasteiger partial charge in [0.15, 0.2) is 17.5 Å². The molecule has 138 valence electrons. The lowest BCUT2D eigenvalue weighted by atomic mass is 9.73. The van der Waals surface area contributed by atoms with E-state index in [-0.39, 0.29) is 0 Å². The van der Waals surface area contributed by atoms with Crippen molar-refractivity contribution in [3.63, 3.8) is 0 Å². The van der Waals surface area contributed by atoms with Crippen LogP contribution in [-0.4, -0.2) is 16.3 Å². The highest BCUT2D eigenvalue weighted by atomic mass is 15.1. The Morgan fingerprint density at radius 1 is 1.12 bits per heavy atom. The Labute approximate surface area is 151 Å². The molecule has 1 aliphatic carbocycles. The van der Waals surface area contributed by atoms with Gasteiger partial charge in [-0.05, 0) is 44.6 Å². The van der Waals surface area contributed by atoms with Gasteiger partial charge >= 0.3 is 0 Å². The summed E-state index contributed by atoms with van der Waals surface area (Å²) in [4.78, 5) is 0. The first-order valence-electron chi connectivity index (χ1n) is 10.8. The van der Waals surface area contributed by atoms with Gasteiger partial charge in [-0.25, -0.2) is 4.58 Å². The number of fused-ring (bicyclic) bond motifs is 1. The van der Waals surface area contributed by atoms with Crippen molar-refractivity contribution in [2.75, 3.05) is 0 Å². The molecule has 2 rings (SSSR count). The molecule has 1 saturated carbocycles. The van der Waals surface area contributed by atoms with E-state index in [1.54, 1.807) is 5.71 Å². The van der Waals surface area contributed by atoms with Crippen LogP contribution in [0.5, 0.6) is 0 Å². The molecule has 1 heteroatoms. The minimum Gasteiger partial charge on any atom is -0.201 e. The molecule has 0 spiro atoms. The quantitative estimate of drug-likeness (QED) is 0.339. The summed E-state index contributed by atoms with van der Waals surface area (Å²) in [6.45, 7) is 16.6. The van der Waals surface area contributed by atoms with Gasteiger partial charge in [-0.15, -0.1) is 0 Å². The number of hydrogen-bond acceptors (Lipinski definition) is 0. The summed E-state index contributed by atoms with van der Waals surface area (Å²) < 4.78 is 2.73. The Hall–Kier alpha value is -0.590. The van der Waals surface area contributed by atoms with Crippen LogP contribution in [0, 0.1) is 23.7 Å². The smallest absolute Gasteiger partial charge is 0.177 e. The standard InChI is InChI=1S/C23H42N/c1-7-8-9-12-18(4)15-19(5)24-20(6)22(17(2)3)16-21-13-10-11-14-23(21)24/h17-19,21-22H,6-16H2,1-5H3/q+1. The van der Waals surface area contributed by atoms with E-state index in [2.05, 4.69) is 45.8 Å². The average molecular weight is 333 g/mol. The first kappa shape index (κ1) is 19.7. The molecule has 0 aromatic rings. The molecule has 2 aliphatic rings. The van der Waals surface area contributed by atoms with Crippen LogP contribution >= 0.6 is 0 Å². The Morgan fingerprint density at radius 2 is 1.88 bits per heavy atom. The summed E-state index contributed by atoms with van der Waals surface area (Å²) in [6.07, 6.45) is 13.8. The third-order valence-electron chi connectivity index (χ3n) is 6.58. The Kier molecular flexibility index (Phi) is 7.57. The highest BCUT2D eigenvalue weighted by Gasteiger charge is 2.42. The molecule has 1 aliphatic heterocycles. The van der Waals surface area contributed by atoms with Crippen molar-refractivity contribution in [2.24, 2.45) is 23.7 Å². The van der Waals surface area contributed by atoms with E-state index in [0.717, 1.165) is 17.8 Å². The summed E-state index contributed by atoms with van der Waals surface area (Å²) >= 11 is 0. The Bertz CT molecular complexity index is 445. The predicted molar refractivity (Wildman–Crippen MR) is 107 cm³/mol. The fraction of sp³-hybridized carbons (Fsp3) is 0.870. The fourth-order valence-corrected chi connectivity index (χ4v) is 5.22. The number of hydrogen-bond donors (Lipinski definition) is 0. The second-order valence-corrected chi connectivity index (χ2v) is 9.07. The van der Waals surface area contributed by atoms with E-state index >= 15 is 0 Å². The number of unbranched alkanes of at least 4 members (excludes halogenated alkanes) is 2. The monoisotopic (exact) mass is 332 g/mol. The zero-order valence-corrected chi connectivity index (χ0v) is 17.1. The number of nitrogens with zero attached hydrogens (tertiary/aromatic N) is 1. The summed E-state index contributed by atoms with van der Waals surface area (Å²) in [5.74, 6) is 3.09. The summed E-state index contributed by atoms with van der Waals surface area (Å²) in [5.41, 5.74) is 3.18. The lowest BCUT2D eigenvalue weighted by molar-refractivity contribution is -0.533. The van der Waals surface area contributed by atoms with Crippen LogP contribution in [0.4, 0.5) is 0 Å². The summed E-state index contributed by atoms with van der Waals surface area (Å²) in [7, 11) is 0. The highest BCUT2D eigenvalue weighted by Crippen LogP contribution is 2.39. The lowest BCUT2D eigenvalue weighted by Crippen LogP contribution is -2.43. The first-order valence-corrected chi connectivity index (χ1v) is 10.8. The summed E-state index contributed by atoms with van der Waals surface area (Å²) in [5, 5.41) is 0. The van der Waals surface area contributed by atoms with Gasteiger partial charge in [0.1, 0.15) is 0 Å². The number of rotatable bonds is 8. The molecule has 1 heterocycles. The molecule has 0 N–H and O–H groups in total. The van der Waals surface area contributed by atoms with E-state index in [1.165, 1.54) is 69.9 Å². The average Bonchev–Trinajstić information content (AvgIpc) is 2.54. The van der Waals surface area contributed by atoms with Crippen LogP contribution in [0.25, 0.3) is 0 Å². The molecule has 0 bridgehead atoms. The van der Waals surface area contributed by atoms with Crippen LogP contribution in [0.2, 0.25) is 0 Å². The molecule has 4 unspecified atom stereocenters. The van der Waals surface area contributed by atoms with Crippen LogP contribution < -0.4 is 0 Å². The molecule has 0 amide bonds. The summed E-state index contributed by atoms with van der Waals surface area (Å²) in [6, 6.07) is 0.631. The zero-order valence-electron chi connectivity index (χ0n) is 17.1. The van der Waals surface area contributed by atoms with Crippen LogP contribution in [-0.2, 0) is 0 Å². The van der Waals surface area contributed by atoms with Gasteiger partial charge in [-0.3, -0.25) is 0 Å². The molecular weight excluding hydrogens is 290 g/mol. The fourth-order valence-electron chi connectivity index (χ4n) is 5.22. The van der Waals surface area contributed by atoms with Crippen molar-refractivity contribution in [2.45, 2.75) is 105 Å². The number of allylic oxidation sites excluding steroid dienone is 1. The minimum absolute atomic E-state index is 0.631. The van der Waals surface area contributed by atoms with E-state index in [4.69, 9.17) is 0 Å². The Balaban J connectivity index is 2.13. The van der Waals surface area contributed by atoms with E-state index in [0.29, 0.717) is 12.0 Å². The van der Waals surface area contributed by atoms with Crippen molar-refractivity contribution in [1.29, 1.82) is 0 Å². The van der Waals surface area contributed by atoms with Crippen LogP contribution in [0.1, 0.15) is 98.8 Å². The minimum atomic E-state index is 0.631. The molecule has 4 atom stereocenters. The van der Waals surface area contributed by atoms with Crippen LogP contribution in [0.3, 0.4) is 0 Å². The molecule has 1 nitrogen and oxygen atoms in total. The third-order valence-corrected chi connectivity index (χ3v) is 6.58. The van der Waals surface area contributed by atoms with E-state index in [1.807, 2.05) is 0 Å². The van der Waals surface area contributed by atoms with Crippen molar-refractivity contribution in [3.05, 3.63) is 12.3 Å².